The molecular weight excluding hydrogens is 1260 g/mol. The Balaban J connectivity index is -0.0000000604. The zero-order valence-electron chi connectivity index (χ0n) is 74.4. The smallest absolute Gasteiger partial charge is 0.138 e. The van der Waals surface area contributed by atoms with E-state index in [-0.39, 0.29) is 0 Å². The largest absolute Gasteiger partial charge is 0.351 e. The maximum atomic E-state index is 4.03. The van der Waals surface area contributed by atoms with Crippen molar-refractivity contribution in [1.29, 1.82) is 0 Å². The van der Waals surface area contributed by atoms with Crippen LogP contribution in [-0.2, 0) is 0 Å². The van der Waals surface area contributed by atoms with Crippen molar-refractivity contribution in [2.45, 2.75) is 303 Å². The maximum absolute atomic E-state index is 4.03. The molecule has 0 aliphatic heterocycles. The van der Waals surface area contributed by atoms with Crippen molar-refractivity contribution in [2.75, 3.05) is 0 Å². The minimum atomic E-state index is 0.476. The molecular formula is C85H169N17. The highest BCUT2D eigenvalue weighted by atomic mass is 15.3. The number of nitrogens with zero attached hydrogens (tertiary/aromatic N) is 15. The Bertz CT molecular complexity index is 1840. The number of rotatable bonds is 2. The predicted octanol–water partition coefficient (Wildman–Crippen LogP) is 27.0. The molecule has 102 heavy (non-hydrogen) atoms. The Morgan fingerprint density at radius 1 is 0.275 bits per heavy atom. The third-order valence-electron chi connectivity index (χ3n) is 5.84. The molecule has 0 amide bonds. The summed E-state index contributed by atoms with van der Waals surface area (Å²) in [5.74, 6) is 6.31. The van der Waals surface area contributed by atoms with Crippen molar-refractivity contribution < 1.29 is 0 Å². The Morgan fingerprint density at radius 2 is 0.569 bits per heavy atom. The lowest BCUT2D eigenvalue weighted by molar-refractivity contribution is 0.532. The van der Waals surface area contributed by atoms with Crippen LogP contribution < -0.4 is 0 Å². The van der Waals surface area contributed by atoms with Gasteiger partial charge in [0.1, 0.15) is 12.7 Å². The molecule has 0 aliphatic rings. The van der Waals surface area contributed by atoms with Gasteiger partial charge in [-0.05, 0) is 105 Å². The average molecular weight is 1430 g/mol. The number of aromatic nitrogens is 17. The molecule has 0 saturated heterocycles. The lowest BCUT2D eigenvalue weighted by Crippen LogP contribution is -1.99. The predicted molar refractivity (Wildman–Crippen MR) is 457 cm³/mol. The second-order valence-electron chi connectivity index (χ2n) is 23.1. The van der Waals surface area contributed by atoms with Crippen LogP contribution in [0.1, 0.15) is 307 Å². The van der Waals surface area contributed by atoms with Gasteiger partial charge in [-0.3, -0.25) is 19.6 Å². The third-order valence-corrected chi connectivity index (χ3v) is 5.84. The van der Waals surface area contributed by atoms with E-state index in [0.717, 1.165) is 52.8 Å². The Hall–Kier alpha value is -7.82. The zero-order chi connectivity index (χ0) is 82.9. The molecule has 2 N–H and O–H groups in total. The van der Waals surface area contributed by atoms with Crippen LogP contribution in [0.15, 0.2) is 197 Å². The maximum Gasteiger partial charge on any atom is 0.138 e. The van der Waals surface area contributed by atoms with E-state index in [1.165, 1.54) is 18.9 Å². The summed E-state index contributed by atoms with van der Waals surface area (Å²) in [6.45, 7) is 87.9. The summed E-state index contributed by atoms with van der Waals surface area (Å²) in [4.78, 5) is 28.6. The van der Waals surface area contributed by atoms with Crippen molar-refractivity contribution in [3.63, 3.8) is 0 Å². The van der Waals surface area contributed by atoms with Gasteiger partial charge in [0.05, 0.1) is 23.9 Å². The van der Waals surface area contributed by atoms with Crippen molar-refractivity contribution in [2.24, 2.45) is 41.4 Å². The van der Waals surface area contributed by atoms with Gasteiger partial charge in [-0.25, -0.2) is 19.9 Å². The highest BCUT2D eigenvalue weighted by Crippen LogP contribution is 2.12. The van der Waals surface area contributed by atoms with Gasteiger partial charge in [-0.1, -0.05) is 312 Å². The fourth-order valence-electron chi connectivity index (χ4n) is 3.30. The normalized spacial score (nSPS) is 7.91. The molecule has 0 fully saturated rings. The minimum absolute atomic E-state index is 0.476. The first-order chi connectivity index (χ1) is 48.6. The number of hydrogen-bond acceptors (Lipinski definition) is 14. The molecule has 8 aromatic heterocycles. The molecule has 1 aromatic carbocycles. The Morgan fingerprint density at radius 3 is 0.676 bits per heavy atom. The second-order valence-corrected chi connectivity index (χ2v) is 23.1. The van der Waals surface area contributed by atoms with Crippen LogP contribution in [0.4, 0.5) is 0 Å². The topological polar surface area (TPSA) is 217 Å². The number of pyridine rings is 1. The summed E-state index contributed by atoms with van der Waals surface area (Å²) >= 11 is 0. The van der Waals surface area contributed by atoms with E-state index in [0.29, 0.717) is 12.0 Å². The van der Waals surface area contributed by atoms with Gasteiger partial charge in [-0.2, -0.15) is 35.8 Å². The van der Waals surface area contributed by atoms with Gasteiger partial charge < -0.3 is 4.98 Å². The van der Waals surface area contributed by atoms with Crippen molar-refractivity contribution in [3.05, 3.63) is 208 Å². The number of aromatic amines is 2. The summed E-state index contributed by atoms with van der Waals surface area (Å²) in [5, 5.41) is 28.5. The molecule has 0 radical (unpaired) electrons. The summed E-state index contributed by atoms with van der Waals surface area (Å²) in [6.07, 6.45) is 31.5. The van der Waals surface area contributed by atoms with Crippen LogP contribution >= 0.6 is 0 Å². The molecule has 0 unspecified atom stereocenters. The Kier molecular flexibility index (Phi) is 174. The standard InChI is InChI=1S/C6H11N3.C6H10N2.C6H6.C5H5N.3C4H4N2.7C4H10.C3H3N3.C3H4N2.8C2H6/c1-4(2)6-5(3)7-9-8-6;1-6(2)8-5-3-4-7-8;2*1-2-4-6-5-3-1;1-2-6-4-3-5-1;1-2-5-4-6-3-1;1-2-4-6-5-3-1;7*1-4(2)3;1-2-5-6-3-4-1;1-2-5-3-4-1;8*1-2/h4H,1-3H3,(H,7,8,9);3-6H,1-2H3;1-6H;1-5H;3*1-4H;7*4H,1-3H3;1-3H;1-3H,(H,4,5);8*1-2H3. The van der Waals surface area contributed by atoms with E-state index in [2.05, 4.69) is 254 Å². The number of H-pyrrole nitrogens is 2. The quantitative estimate of drug-likeness (QED) is 0.165. The molecule has 594 valence electrons. The van der Waals surface area contributed by atoms with Crippen LogP contribution in [-0.4, -0.2) is 85.5 Å². The van der Waals surface area contributed by atoms with Crippen LogP contribution in [0.3, 0.4) is 0 Å². The van der Waals surface area contributed by atoms with Crippen molar-refractivity contribution in [1.82, 2.24) is 85.5 Å². The van der Waals surface area contributed by atoms with Crippen molar-refractivity contribution in [3.8, 4) is 0 Å². The summed E-state index contributed by atoms with van der Waals surface area (Å²) in [5.41, 5.74) is 2.07. The van der Waals surface area contributed by atoms with Crippen LogP contribution in [0, 0.1) is 48.3 Å². The fourth-order valence-corrected chi connectivity index (χ4v) is 3.30. The molecule has 17 nitrogen and oxygen atoms in total. The fraction of sp³-hybridized carbons (Fsp3) is 0.600. The van der Waals surface area contributed by atoms with Gasteiger partial charge in [0.15, 0.2) is 0 Å². The minimum Gasteiger partial charge on any atom is -0.351 e. The van der Waals surface area contributed by atoms with E-state index in [9.17, 15) is 0 Å². The molecule has 0 bridgehead atoms. The zero-order valence-corrected chi connectivity index (χ0v) is 74.4. The highest BCUT2D eigenvalue weighted by Gasteiger charge is 2.05. The molecule has 8 heterocycles. The third kappa shape index (κ3) is 226. The van der Waals surface area contributed by atoms with Gasteiger partial charge in [-0.15, -0.1) is 5.10 Å². The number of aryl methyl sites for hydroxylation is 1. The van der Waals surface area contributed by atoms with E-state index in [1.54, 1.807) is 99.1 Å². The van der Waals surface area contributed by atoms with Crippen LogP contribution in [0.25, 0.3) is 0 Å². The van der Waals surface area contributed by atoms with Crippen LogP contribution in [0.5, 0.6) is 0 Å². The summed E-state index contributed by atoms with van der Waals surface area (Å²) in [6, 6.07) is 25.6. The van der Waals surface area contributed by atoms with Crippen molar-refractivity contribution >= 4 is 0 Å². The Labute approximate surface area is 634 Å². The molecule has 9 aromatic rings. The lowest BCUT2D eigenvalue weighted by atomic mass is 10.1. The molecule has 0 saturated carbocycles. The molecule has 9 rings (SSSR count). The number of nitrogens with one attached hydrogen (secondary N) is 2. The molecule has 0 spiro atoms. The van der Waals surface area contributed by atoms with E-state index < -0.39 is 0 Å². The summed E-state index contributed by atoms with van der Waals surface area (Å²) in [7, 11) is 0. The van der Waals surface area contributed by atoms with Gasteiger partial charge in [0.25, 0.3) is 0 Å². The molecule has 0 aliphatic carbocycles. The number of hydrogen-bond donors (Lipinski definition) is 2. The summed E-state index contributed by atoms with van der Waals surface area (Å²) < 4.78 is 1.92. The second kappa shape index (κ2) is 136. The lowest BCUT2D eigenvalue weighted by Gasteiger charge is -2.01. The first kappa shape index (κ1) is 130. The first-order valence-corrected chi connectivity index (χ1v) is 38.0. The SMILES string of the molecule is CC.CC.CC.CC.CC.CC.CC.CC.CC(C)C.CC(C)C.CC(C)C.CC(C)C.CC(C)C.CC(C)C.CC(C)C.CC(C)n1cccn1.Cc1n[nH]nc1C(C)C.c1c[nH]cn1.c1ccccc1.c1ccncc1.c1ccnnc1.c1cnccn1.c1cncnc1.c1cnncn1. The van der Waals surface area contributed by atoms with E-state index in [4.69, 9.17) is 0 Å². The molecule has 17 heteroatoms. The average Bonchev–Trinajstić information content (AvgIpc) is 1.78. The van der Waals surface area contributed by atoms with Gasteiger partial charge >= 0.3 is 0 Å². The monoisotopic (exact) mass is 1430 g/mol. The number of benzene rings is 1. The van der Waals surface area contributed by atoms with Crippen LogP contribution in [0.2, 0.25) is 0 Å². The van der Waals surface area contributed by atoms with E-state index >= 15 is 0 Å². The van der Waals surface area contributed by atoms with E-state index in [1.807, 2.05) is 201 Å². The molecule has 0 atom stereocenters. The highest BCUT2D eigenvalue weighted by molar-refractivity contribution is 5.09. The van der Waals surface area contributed by atoms with Gasteiger partial charge in [0, 0.05) is 99.0 Å². The number of imidazole rings is 1. The van der Waals surface area contributed by atoms with Gasteiger partial charge in [0.2, 0.25) is 0 Å². The first-order valence-electron chi connectivity index (χ1n) is 38.0.